The molecule has 0 spiro atoms. The first-order valence-corrected chi connectivity index (χ1v) is 6.06. The highest BCUT2D eigenvalue weighted by molar-refractivity contribution is 5.56. The topological polar surface area (TPSA) is 51.6 Å². The van der Waals surface area contributed by atoms with Crippen LogP contribution in [0.4, 0.5) is 0 Å². The summed E-state index contributed by atoms with van der Waals surface area (Å²) >= 11 is 0. The minimum atomic E-state index is 0.781. The van der Waals surface area contributed by atoms with E-state index in [1.165, 1.54) is 6.33 Å². The first kappa shape index (κ1) is 12.0. The standard InChI is InChI=1S/C16H10N4/c1-2-7-19-15(3-1)16-9-13(6-8-20-16)4-5-14-10-17-12-18-11-14/h1-3,6-12H. The van der Waals surface area contributed by atoms with Crippen LogP contribution < -0.4 is 0 Å². The van der Waals surface area contributed by atoms with E-state index in [2.05, 4.69) is 31.8 Å². The van der Waals surface area contributed by atoms with E-state index in [0.29, 0.717) is 0 Å². The number of hydrogen-bond acceptors (Lipinski definition) is 4. The zero-order valence-electron chi connectivity index (χ0n) is 10.6. The summed E-state index contributed by atoms with van der Waals surface area (Å²) in [6.07, 6.45) is 8.32. The van der Waals surface area contributed by atoms with Gasteiger partial charge in [-0.3, -0.25) is 9.97 Å². The van der Waals surface area contributed by atoms with E-state index in [1.54, 1.807) is 24.8 Å². The lowest BCUT2D eigenvalue weighted by Crippen LogP contribution is -1.87. The van der Waals surface area contributed by atoms with Crippen LogP contribution in [0.15, 0.2) is 61.4 Å². The first-order valence-electron chi connectivity index (χ1n) is 6.06. The Labute approximate surface area is 116 Å². The summed E-state index contributed by atoms with van der Waals surface area (Å²) in [6.45, 7) is 0. The SMILES string of the molecule is C(#Cc1ccnc(-c2ccccn2)c1)c1cncnc1. The van der Waals surface area contributed by atoms with E-state index in [-0.39, 0.29) is 0 Å². The second-order valence-corrected chi connectivity index (χ2v) is 4.02. The van der Waals surface area contributed by atoms with Gasteiger partial charge in [-0.2, -0.15) is 0 Å². The highest BCUT2D eigenvalue weighted by Gasteiger charge is 1.99. The molecule has 94 valence electrons. The van der Waals surface area contributed by atoms with E-state index < -0.39 is 0 Å². The second kappa shape index (κ2) is 5.72. The summed E-state index contributed by atoms with van der Waals surface area (Å²) < 4.78 is 0. The molecule has 0 atom stereocenters. The fourth-order valence-corrected chi connectivity index (χ4v) is 1.67. The smallest absolute Gasteiger partial charge is 0.115 e. The molecule has 0 radical (unpaired) electrons. The van der Waals surface area contributed by atoms with E-state index in [4.69, 9.17) is 0 Å². The van der Waals surface area contributed by atoms with Gasteiger partial charge in [0.05, 0.1) is 17.0 Å². The van der Waals surface area contributed by atoms with Gasteiger partial charge in [-0.25, -0.2) is 9.97 Å². The molecule has 0 saturated heterocycles. The molecule has 0 saturated carbocycles. The number of rotatable bonds is 1. The molecule has 3 heterocycles. The molecule has 0 aromatic carbocycles. The third-order valence-electron chi connectivity index (χ3n) is 2.60. The van der Waals surface area contributed by atoms with Crippen LogP contribution in [0.1, 0.15) is 11.1 Å². The molecule has 20 heavy (non-hydrogen) atoms. The second-order valence-electron chi connectivity index (χ2n) is 4.02. The van der Waals surface area contributed by atoms with Gasteiger partial charge in [0, 0.05) is 30.4 Å². The largest absolute Gasteiger partial charge is 0.255 e. The Morgan fingerprint density at radius 2 is 1.55 bits per heavy atom. The molecule has 0 bridgehead atoms. The van der Waals surface area contributed by atoms with Gasteiger partial charge in [0.15, 0.2) is 0 Å². The van der Waals surface area contributed by atoms with Crippen molar-refractivity contribution in [3.8, 4) is 23.2 Å². The normalized spacial score (nSPS) is 9.60. The molecule has 0 aliphatic rings. The molecule has 0 fully saturated rings. The maximum absolute atomic E-state index is 4.31. The Bertz CT molecular complexity index is 758. The zero-order valence-corrected chi connectivity index (χ0v) is 10.6. The summed E-state index contributed by atoms with van der Waals surface area (Å²) in [7, 11) is 0. The summed E-state index contributed by atoms with van der Waals surface area (Å²) in [4.78, 5) is 16.4. The Balaban J connectivity index is 1.91. The van der Waals surface area contributed by atoms with E-state index in [0.717, 1.165) is 22.5 Å². The summed E-state index contributed by atoms with van der Waals surface area (Å²) in [6, 6.07) is 9.51. The Hall–Kier alpha value is -3.06. The number of hydrogen-bond donors (Lipinski definition) is 0. The predicted octanol–water partition coefficient (Wildman–Crippen LogP) is 2.33. The van der Waals surface area contributed by atoms with Gasteiger partial charge in [0.2, 0.25) is 0 Å². The number of aromatic nitrogens is 4. The highest BCUT2D eigenvalue weighted by atomic mass is 14.8. The Morgan fingerprint density at radius 1 is 0.750 bits per heavy atom. The van der Waals surface area contributed by atoms with Crippen LogP contribution in [0, 0.1) is 11.8 Å². The fraction of sp³-hybridized carbons (Fsp3) is 0. The van der Waals surface area contributed by atoms with Gasteiger partial charge in [0.25, 0.3) is 0 Å². The van der Waals surface area contributed by atoms with Gasteiger partial charge in [-0.05, 0) is 24.3 Å². The molecule has 3 rings (SSSR count). The minimum absolute atomic E-state index is 0.781. The first-order chi connectivity index (χ1) is 9.92. The van der Waals surface area contributed by atoms with Gasteiger partial charge >= 0.3 is 0 Å². The highest BCUT2D eigenvalue weighted by Crippen LogP contribution is 2.14. The average molecular weight is 258 g/mol. The van der Waals surface area contributed by atoms with Gasteiger partial charge in [-0.1, -0.05) is 17.9 Å². The van der Waals surface area contributed by atoms with Crippen molar-refractivity contribution < 1.29 is 0 Å². The Morgan fingerprint density at radius 3 is 2.35 bits per heavy atom. The van der Waals surface area contributed by atoms with Crippen molar-refractivity contribution >= 4 is 0 Å². The quantitative estimate of drug-likeness (QED) is 0.629. The molecule has 0 N–H and O–H groups in total. The molecule has 0 amide bonds. The lowest BCUT2D eigenvalue weighted by Gasteiger charge is -1.99. The van der Waals surface area contributed by atoms with Crippen molar-refractivity contribution in [2.75, 3.05) is 0 Å². The van der Waals surface area contributed by atoms with Crippen molar-refractivity contribution in [1.29, 1.82) is 0 Å². The van der Waals surface area contributed by atoms with Crippen LogP contribution in [-0.2, 0) is 0 Å². The molecule has 4 nitrogen and oxygen atoms in total. The molecular weight excluding hydrogens is 248 g/mol. The molecule has 0 aliphatic heterocycles. The van der Waals surface area contributed by atoms with Gasteiger partial charge in [-0.15, -0.1) is 0 Å². The molecule has 4 heteroatoms. The third kappa shape index (κ3) is 2.85. The van der Waals surface area contributed by atoms with Crippen molar-refractivity contribution in [3.63, 3.8) is 0 Å². The van der Waals surface area contributed by atoms with Gasteiger partial charge in [0.1, 0.15) is 6.33 Å². The maximum Gasteiger partial charge on any atom is 0.115 e. The van der Waals surface area contributed by atoms with E-state index >= 15 is 0 Å². The zero-order chi connectivity index (χ0) is 13.6. The molecule has 3 aromatic rings. The molecule has 3 aromatic heterocycles. The van der Waals surface area contributed by atoms with Gasteiger partial charge < -0.3 is 0 Å². The minimum Gasteiger partial charge on any atom is -0.255 e. The van der Waals surface area contributed by atoms with Crippen molar-refractivity contribution in [1.82, 2.24) is 19.9 Å². The van der Waals surface area contributed by atoms with Crippen molar-refractivity contribution in [2.24, 2.45) is 0 Å². The van der Waals surface area contributed by atoms with E-state index in [9.17, 15) is 0 Å². The summed E-state index contributed by atoms with van der Waals surface area (Å²) in [5, 5.41) is 0. The van der Waals surface area contributed by atoms with Crippen LogP contribution in [0.5, 0.6) is 0 Å². The number of nitrogens with zero attached hydrogens (tertiary/aromatic N) is 4. The lowest BCUT2D eigenvalue weighted by atomic mass is 10.2. The third-order valence-corrected chi connectivity index (χ3v) is 2.60. The maximum atomic E-state index is 4.31. The predicted molar refractivity (Wildman–Crippen MR) is 75.5 cm³/mol. The monoisotopic (exact) mass is 258 g/mol. The van der Waals surface area contributed by atoms with Crippen LogP contribution in [-0.4, -0.2) is 19.9 Å². The molecular formula is C16H10N4. The number of pyridine rings is 2. The van der Waals surface area contributed by atoms with Crippen molar-refractivity contribution in [2.45, 2.75) is 0 Å². The summed E-state index contributed by atoms with van der Waals surface area (Å²) in [5.41, 5.74) is 3.30. The van der Waals surface area contributed by atoms with Crippen LogP contribution >= 0.6 is 0 Å². The molecule has 0 unspecified atom stereocenters. The Kier molecular flexibility index (Phi) is 3.43. The fourth-order valence-electron chi connectivity index (χ4n) is 1.67. The molecule has 0 aliphatic carbocycles. The average Bonchev–Trinajstić information content (AvgIpc) is 2.55. The summed E-state index contributed by atoms with van der Waals surface area (Å²) in [5.74, 6) is 6.09. The van der Waals surface area contributed by atoms with Crippen LogP contribution in [0.3, 0.4) is 0 Å². The van der Waals surface area contributed by atoms with Crippen LogP contribution in [0.2, 0.25) is 0 Å². The van der Waals surface area contributed by atoms with Crippen LogP contribution in [0.25, 0.3) is 11.4 Å². The van der Waals surface area contributed by atoms with Crippen molar-refractivity contribution in [3.05, 3.63) is 72.6 Å². The lowest BCUT2D eigenvalue weighted by molar-refractivity contribution is 1.16. The van der Waals surface area contributed by atoms with E-state index in [1.807, 2.05) is 30.3 Å².